The van der Waals surface area contributed by atoms with Gasteiger partial charge in [-0.2, -0.15) is 0 Å². The maximum Gasteiger partial charge on any atom is 0.0468 e. The zero-order chi connectivity index (χ0) is 10.9. The molecule has 1 saturated carbocycles. The predicted octanol–water partition coefficient (Wildman–Crippen LogP) is 2.91. The molecule has 0 bridgehead atoms. The van der Waals surface area contributed by atoms with Crippen LogP contribution in [0.2, 0.25) is 0 Å². The fourth-order valence-corrected chi connectivity index (χ4v) is 2.41. The summed E-state index contributed by atoms with van der Waals surface area (Å²) >= 11 is 0. The van der Waals surface area contributed by atoms with Gasteiger partial charge in [0.25, 0.3) is 0 Å². The van der Waals surface area contributed by atoms with Crippen LogP contribution in [-0.2, 0) is 11.8 Å². The van der Waals surface area contributed by atoms with Crippen molar-refractivity contribution in [3.05, 3.63) is 35.4 Å². The van der Waals surface area contributed by atoms with E-state index in [-0.39, 0.29) is 5.41 Å². The Morgan fingerprint density at radius 2 is 2.00 bits per heavy atom. The Balaban J connectivity index is 2.11. The van der Waals surface area contributed by atoms with Crippen molar-refractivity contribution >= 4 is 0 Å². The van der Waals surface area contributed by atoms with E-state index in [9.17, 15) is 0 Å². The second-order valence-corrected chi connectivity index (χ2v) is 4.95. The third-order valence-electron chi connectivity index (χ3n) is 3.78. The van der Waals surface area contributed by atoms with Gasteiger partial charge in [-0.3, -0.25) is 0 Å². The summed E-state index contributed by atoms with van der Waals surface area (Å²) in [7, 11) is 0. The fraction of sp³-hybridized carbons (Fsp3) is 0.571. The minimum Gasteiger partial charge on any atom is -0.396 e. The van der Waals surface area contributed by atoms with Gasteiger partial charge in [-0.1, -0.05) is 44.5 Å². The quantitative estimate of drug-likeness (QED) is 0.799. The van der Waals surface area contributed by atoms with Crippen molar-refractivity contribution in [1.82, 2.24) is 0 Å². The highest BCUT2D eigenvalue weighted by Gasteiger charge is 2.50. The molecule has 0 aliphatic heterocycles. The van der Waals surface area contributed by atoms with Crippen molar-refractivity contribution in [3.63, 3.8) is 0 Å². The molecular weight excluding hydrogens is 184 g/mol. The van der Waals surface area contributed by atoms with Gasteiger partial charge in [-0.25, -0.2) is 0 Å². The Bertz CT molecular complexity index is 328. The smallest absolute Gasteiger partial charge is 0.0468 e. The summed E-state index contributed by atoms with van der Waals surface area (Å²) in [6.45, 7) is 4.79. The van der Waals surface area contributed by atoms with Gasteiger partial charge in [0.1, 0.15) is 0 Å². The number of benzene rings is 1. The Morgan fingerprint density at radius 1 is 1.33 bits per heavy atom. The molecule has 2 atom stereocenters. The number of rotatable bonds is 4. The summed E-state index contributed by atoms with van der Waals surface area (Å²) in [5.74, 6) is 0.481. The summed E-state index contributed by atoms with van der Waals surface area (Å²) in [5.41, 5.74) is 3.06. The van der Waals surface area contributed by atoms with Gasteiger partial charge in [-0.15, -0.1) is 0 Å². The van der Waals surface area contributed by atoms with Crippen molar-refractivity contribution in [3.8, 4) is 0 Å². The van der Waals surface area contributed by atoms with Crippen molar-refractivity contribution in [2.45, 2.75) is 38.5 Å². The van der Waals surface area contributed by atoms with Crippen molar-refractivity contribution in [2.24, 2.45) is 5.92 Å². The SMILES string of the molecule is CCCc1ccc(C2(C)CC2CO)cc1. The van der Waals surface area contributed by atoms with Crippen LogP contribution in [0.3, 0.4) is 0 Å². The van der Waals surface area contributed by atoms with Gasteiger partial charge >= 0.3 is 0 Å². The first kappa shape index (κ1) is 10.7. The van der Waals surface area contributed by atoms with Gasteiger partial charge in [0.05, 0.1) is 0 Å². The van der Waals surface area contributed by atoms with Crippen LogP contribution in [0.25, 0.3) is 0 Å². The zero-order valence-corrected chi connectivity index (χ0v) is 9.66. The first-order valence-electron chi connectivity index (χ1n) is 5.91. The molecule has 82 valence electrons. The minimum atomic E-state index is 0.249. The maximum atomic E-state index is 9.14. The van der Waals surface area contributed by atoms with Crippen LogP contribution in [0.15, 0.2) is 24.3 Å². The number of hydrogen-bond acceptors (Lipinski definition) is 1. The first-order chi connectivity index (χ1) is 7.20. The van der Waals surface area contributed by atoms with Gasteiger partial charge in [0.2, 0.25) is 0 Å². The second kappa shape index (κ2) is 3.97. The van der Waals surface area contributed by atoms with E-state index < -0.39 is 0 Å². The number of aliphatic hydroxyl groups is 1. The molecule has 0 amide bonds. The molecule has 1 aromatic carbocycles. The largest absolute Gasteiger partial charge is 0.396 e. The van der Waals surface area contributed by atoms with E-state index >= 15 is 0 Å². The monoisotopic (exact) mass is 204 g/mol. The Kier molecular flexibility index (Phi) is 2.83. The van der Waals surface area contributed by atoms with E-state index in [2.05, 4.69) is 38.1 Å². The minimum absolute atomic E-state index is 0.249. The molecule has 0 heterocycles. The Morgan fingerprint density at radius 3 is 2.47 bits per heavy atom. The number of aliphatic hydroxyl groups excluding tert-OH is 1. The molecule has 1 fully saturated rings. The maximum absolute atomic E-state index is 9.14. The Labute approximate surface area is 92.1 Å². The topological polar surface area (TPSA) is 20.2 Å². The molecule has 0 saturated heterocycles. The zero-order valence-electron chi connectivity index (χ0n) is 9.66. The van der Waals surface area contributed by atoms with E-state index in [4.69, 9.17) is 5.11 Å². The van der Waals surface area contributed by atoms with Gasteiger partial charge in [-0.05, 0) is 35.3 Å². The average molecular weight is 204 g/mol. The molecule has 1 aromatic rings. The molecule has 0 spiro atoms. The molecule has 1 heteroatoms. The third-order valence-corrected chi connectivity index (χ3v) is 3.78. The molecule has 1 nitrogen and oxygen atoms in total. The lowest BCUT2D eigenvalue weighted by atomic mass is 9.94. The standard InChI is InChI=1S/C14H20O/c1-3-4-11-5-7-12(8-6-11)14(2)9-13(14)10-15/h5-8,13,15H,3-4,9-10H2,1-2H3. The summed E-state index contributed by atoms with van der Waals surface area (Å²) in [6.07, 6.45) is 3.51. The summed E-state index contributed by atoms with van der Waals surface area (Å²) < 4.78 is 0. The molecule has 1 aliphatic rings. The van der Waals surface area contributed by atoms with Crippen molar-refractivity contribution in [1.29, 1.82) is 0 Å². The van der Waals surface area contributed by atoms with Crippen LogP contribution in [0.4, 0.5) is 0 Å². The van der Waals surface area contributed by atoms with Crippen LogP contribution < -0.4 is 0 Å². The fourth-order valence-electron chi connectivity index (χ4n) is 2.41. The highest BCUT2D eigenvalue weighted by Crippen LogP contribution is 2.53. The lowest BCUT2D eigenvalue weighted by Crippen LogP contribution is -2.06. The highest BCUT2D eigenvalue weighted by atomic mass is 16.3. The van der Waals surface area contributed by atoms with Crippen LogP contribution in [0.5, 0.6) is 0 Å². The molecule has 15 heavy (non-hydrogen) atoms. The Hall–Kier alpha value is -0.820. The number of hydrogen-bond donors (Lipinski definition) is 1. The molecule has 2 rings (SSSR count). The average Bonchev–Trinajstić information content (AvgIpc) is 2.93. The van der Waals surface area contributed by atoms with Gasteiger partial charge in [0, 0.05) is 6.61 Å². The van der Waals surface area contributed by atoms with Crippen molar-refractivity contribution in [2.75, 3.05) is 6.61 Å². The van der Waals surface area contributed by atoms with Crippen LogP contribution in [0, 0.1) is 5.92 Å². The highest BCUT2D eigenvalue weighted by molar-refractivity contribution is 5.34. The van der Waals surface area contributed by atoms with E-state index in [1.807, 2.05) is 0 Å². The lowest BCUT2D eigenvalue weighted by Gasteiger charge is -2.11. The summed E-state index contributed by atoms with van der Waals surface area (Å²) in [4.78, 5) is 0. The van der Waals surface area contributed by atoms with Crippen LogP contribution >= 0.6 is 0 Å². The molecule has 2 unspecified atom stereocenters. The molecule has 1 N–H and O–H groups in total. The normalized spacial score (nSPS) is 29.1. The van der Waals surface area contributed by atoms with E-state index in [1.165, 1.54) is 24.0 Å². The third kappa shape index (κ3) is 1.93. The molecule has 0 aromatic heterocycles. The van der Waals surface area contributed by atoms with Crippen LogP contribution in [0.1, 0.15) is 37.8 Å². The van der Waals surface area contributed by atoms with E-state index in [0.29, 0.717) is 12.5 Å². The summed E-state index contributed by atoms with van der Waals surface area (Å²) in [6, 6.07) is 8.94. The first-order valence-corrected chi connectivity index (χ1v) is 5.91. The van der Waals surface area contributed by atoms with Gasteiger partial charge in [0.15, 0.2) is 0 Å². The van der Waals surface area contributed by atoms with Crippen LogP contribution in [-0.4, -0.2) is 11.7 Å². The van der Waals surface area contributed by atoms with Gasteiger partial charge < -0.3 is 5.11 Å². The second-order valence-electron chi connectivity index (χ2n) is 4.95. The number of aryl methyl sites for hydroxylation is 1. The van der Waals surface area contributed by atoms with Crippen molar-refractivity contribution < 1.29 is 5.11 Å². The summed E-state index contributed by atoms with van der Waals surface area (Å²) in [5, 5.41) is 9.14. The lowest BCUT2D eigenvalue weighted by molar-refractivity contribution is 0.265. The molecule has 0 radical (unpaired) electrons. The van der Waals surface area contributed by atoms with E-state index in [0.717, 1.165) is 6.42 Å². The molecule has 1 aliphatic carbocycles. The predicted molar refractivity (Wildman–Crippen MR) is 63.0 cm³/mol. The van der Waals surface area contributed by atoms with E-state index in [1.54, 1.807) is 0 Å². The molecular formula is C14H20O.